The molecule has 5 rings (SSSR count). The van der Waals surface area contributed by atoms with Crippen LogP contribution < -0.4 is 10.1 Å². The zero-order valence-electron chi connectivity index (χ0n) is 23.4. The fourth-order valence-electron chi connectivity index (χ4n) is 4.08. The zero-order chi connectivity index (χ0) is 30.9. The second kappa shape index (κ2) is 14.5. The quantitative estimate of drug-likeness (QED) is 0.111. The van der Waals surface area contributed by atoms with Crippen molar-refractivity contribution in [3.63, 3.8) is 0 Å². The van der Waals surface area contributed by atoms with Crippen molar-refractivity contribution in [3.05, 3.63) is 129 Å². The molecule has 8 nitrogen and oxygen atoms in total. The molecular formula is C33H26ClFN4O4S. The van der Waals surface area contributed by atoms with Gasteiger partial charge < -0.3 is 14.5 Å². The van der Waals surface area contributed by atoms with E-state index in [0.717, 1.165) is 22.9 Å². The maximum atomic E-state index is 13.6. The van der Waals surface area contributed by atoms with Crippen molar-refractivity contribution in [2.75, 3.05) is 11.9 Å². The van der Waals surface area contributed by atoms with E-state index in [1.807, 2.05) is 43.3 Å². The van der Waals surface area contributed by atoms with E-state index < -0.39 is 11.7 Å². The predicted molar refractivity (Wildman–Crippen MR) is 173 cm³/mol. The summed E-state index contributed by atoms with van der Waals surface area (Å²) in [4.78, 5) is 27.8. The average molecular weight is 629 g/mol. The fraction of sp³-hybridized carbons (Fsp3) is 0.0909. The number of anilines is 1. The minimum atomic E-state index is -0.440. The zero-order valence-corrected chi connectivity index (χ0v) is 25.0. The number of halogens is 2. The Labute approximate surface area is 262 Å². The molecule has 1 saturated heterocycles. The molecule has 11 heteroatoms. The first-order valence-electron chi connectivity index (χ1n) is 13.4. The lowest BCUT2D eigenvalue weighted by Crippen LogP contribution is -2.28. The lowest BCUT2D eigenvalue weighted by atomic mass is 10.1. The van der Waals surface area contributed by atoms with E-state index >= 15 is 0 Å². The number of thioether (sulfide) groups is 1. The lowest BCUT2D eigenvalue weighted by Gasteiger charge is -2.13. The Balaban J connectivity index is 1.35. The van der Waals surface area contributed by atoms with Crippen LogP contribution >= 0.6 is 23.4 Å². The van der Waals surface area contributed by atoms with Crippen LogP contribution in [0, 0.1) is 5.82 Å². The van der Waals surface area contributed by atoms with Gasteiger partial charge in [0.15, 0.2) is 11.8 Å². The summed E-state index contributed by atoms with van der Waals surface area (Å²) in [6.07, 6.45) is 6.77. The maximum absolute atomic E-state index is 13.6. The highest BCUT2D eigenvalue weighted by molar-refractivity contribution is 8.18. The summed E-state index contributed by atoms with van der Waals surface area (Å²) in [6, 6.07) is 23.6. The van der Waals surface area contributed by atoms with E-state index in [1.165, 1.54) is 35.4 Å². The van der Waals surface area contributed by atoms with Gasteiger partial charge in [-0.05, 0) is 90.5 Å². The molecule has 44 heavy (non-hydrogen) atoms. The smallest absolute Gasteiger partial charge is 0.267 e. The lowest BCUT2D eigenvalue weighted by molar-refractivity contribution is -0.122. The molecule has 4 aromatic rings. The van der Waals surface area contributed by atoms with Gasteiger partial charge in [-0.3, -0.25) is 14.5 Å². The highest BCUT2D eigenvalue weighted by Crippen LogP contribution is 2.36. The number of furan rings is 1. The third-order valence-electron chi connectivity index (χ3n) is 6.13. The van der Waals surface area contributed by atoms with Crippen LogP contribution in [-0.4, -0.2) is 34.7 Å². The van der Waals surface area contributed by atoms with E-state index in [2.05, 4.69) is 15.5 Å². The molecule has 1 aliphatic heterocycles. The number of allylic oxidation sites excluding steroid dienone is 1. The molecule has 0 atom stereocenters. The summed E-state index contributed by atoms with van der Waals surface area (Å²) in [6.45, 7) is 1.75. The third-order valence-corrected chi connectivity index (χ3v) is 7.36. The highest BCUT2D eigenvalue weighted by Gasteiger charge is 2.34. The first kappa shape index (κ1) is 30.5. The Morgan fingerprint density at radius 3 is 2.64 bits per heavy atom. The van der Waals surface area contributed by atoms with Crippen LogP contribution in [0.3, 0.4) is 0 Å². The second-order valence-electron chi connectivity index (χ2n) is 9.53. The van der Waals surface area contributed by atoms with Gasteiger partial charge in [0.2, 0.25) is 0 Å². The number of carbonyl (C=O) groups is 2. The van der Waals surface area contributed by atoms with E-state index in [9.17, 15) is 14.0 Å². The predicted octanol–water partition coefficient (Wildman–Crippen LogP) is 7.65. The van der Waals surface area contributed by atoms with Gasteiger partial charge in [-0.15, -0.1) is 5.10 Å². The minimum absolute atomic E-state index is 0.159. The van der Waals surface area contributed by atoms with Crippen LogP contribution in [0.25, 0.3) is 12.2 Å². The second-order valence-corrected chi connectivity index (χ2v) is 11.0. The number of amidine groups is 1. The van der Waals surface area contributed by atoms with E-state index in [1.54, 1.807) is 42.6 Å². The molecular weight excluding hydrogens is 603 g/mol. The largest absolute Gasteiger partial charge is 0.483 e. The van der Waals surface area contributed by atoms with E-state index in [0.29, 0.717) is 37.9 Å². The van der Waals surface area contributed by atoms with Crippen molar-refractivity contribution in [2.24, 2.45) is 10.2 Å². The van der Waals surface area contributed by atoms with Gasteiger partial charge >= 0.3 is 0 Å². The van der Waals surface area contributed by atoms with Crippen molar-refractivity contribution < 1.29 is 23.1 Å². The van der Waals surface area contributed by atoms with Crippen molar-refractivity contribution in [3.8, 4) is 5.75 Å². The Kier molecular flexibility index (Phi) is 10.1. The Morgan fingerprint density at radius 2 is 1.89 bits per heavy atom. The molecule has 0 saturated carbocycles. The molecule has 222 valence electrons. The van der Waals surface area contributed by atoms with Crippen LogP contribution in [0.1, 0.15) is 23.8 Å². The normalized spacial score (nSPS) is 15.5. The summed E-state index contributed by atoms with van der Waals surface area (Å²) in [7, 11) is 0. The number of ether oxygens (including phenoxy) is 1. The molecule has 0 aliphatic carbocycles. The van der Waals surface area contributed by atoms with Crippen molar-refractivity contribution in [1.82, 2.24) is 4.90 Å². The van der Waals surface area contributed by atoms with Crippen LogP contribution in [0.5, 0.6) is 5.75 Å². The minimum Gasteiger partial charge on any atom is -0.483 e. The topological polar surface area (TPSA) is 96.5 Å². The van der Waals surface area contributed by atoms with Crippen LogP contribution in [0.4, 0.5) is 10.1 Å². The number of hydrogen-bond donors (Lipinski definition) is 1. The molecule has 0 bridgehead atoms. The standard InChI is InChI=1S/C33H26ClFN4O4S/c1-22(16-23-6-3-2-4-7-23)19-36-38-33-39(20-28-8-5-15-42-28)32(41)30(44-33)18-24-17-25(34)9-14-29(24)43-21-31(40)37-27-12-10-26(35)11-13-27/h2-19H,20-21H2,1H3,(H,37,40)/b22-16+,30-18-,36-19-,38-33+. The van der Waals surface area contributed by atoms with Gasteiger partial charge in [0, 0.05) is 16.3 Å². The SMILES string of the molecule is CC(/C=N\N=C1\S/C(=C\c2cc(Cl)ccc2OCC(=O)Nc2ccc(F)cc2)C(=O)N1Cc1ccco1)=C\c1ccccc1. The van der Waals surface area contributed by atoms with Gasteiger partial charge in [-0.1, -0.05) is 48.0 Å². The molecule has 2 heterocycles. The van der Waals surface area contributed by atoms with Crippen LogP contribution in [0.2, 0.25) is 5.02 Å². The number of benzene rings is 3. The van der Waals surface area contributed by atoms with Crippen LogP contribution in [0.15, 0.2) is 116 Å². The molecule has 1 fully saturated rings. The first-order valence-corrected chi connectivity index (χ1v) is 14.6. The number of nitrogens with one attached hydrogen (secondary N) is 1. The molecule has 0 unspecified atom stereocenters. The molecule has 2 amide bonds. The van der Waals surface area contributed by atoms with Gasteiger partial charge in [0.25, 0.3) is 11.8 Å². The molecule has 1 N–H and O–H groups in total. The van der Waals surface area contributed by atoms with E-state index in [4.69, 9.17) is 20.8 Å². The number of nitrogens with zero attached hydrogens (tertiary/aromatic N) is 3. The van der Waals surface area contributed by atoms with Gasteiger partial charge in [0.1, 0.15) is 17.3 Å². The van der Waals surface area contributed by atoms with E-state index in [-0.39, 0.29) is 19.1 Å². The average Bonchev–Trinajstić information content (AvgIpc) is 3.63. The summed E-state index contributed by atoms with van der Waals surface area (Å²) >= 11 is 7.42. The third kappa shape index (κ3) is 8.33. The first-order chi connectivity index (χ1) is 21.3. The summed E-state index contributed by atoms with van der Waals surface area (Å²) in [5.74, 6) is -0.236. The Morgan fingerprint density at radius 1 is 1.09 bits per heavy atom. The summed E-state index contributed by atoms with van der Waals surface area (Å²) in [5, 5.41) is 12.0. The monoisotopic (exact) mass is 628 g/mol. The van der Waals surface area contributed by atoms with Crippen molar-refractivity contribution in [2.45, 2.75) is 13.5 Å². The highest BCUT2D eigenvalue weighted by atomic mass is 35.5. The van der Waals surface area contributed by atoms with Gasteiger partial charge in [-0.2, -0.15) is 5.10 Å². The molecule has 1 aromatic heterocycles. The van der Waals surface area contributed by atoms with Gasteiger partial charge in [-0.25, -0.2) is 4.39 Å². The summed E-state index contributed by atoms with van der Waals surface area (Å²) < 4.78 is 24.4. The van der Waals surface area contributed by atoms with Crippen molar-refractivity contribution in [1.29, 1.82) is 0 Å². The molecule has 0 radical (unpaired) electrons. The number of hydrogen-bond acceptors (Lipinski definition) is 7. The van der Waals surface area contributed by atoms with Gasteiger partial charge in [0.05, 0.1) is 23.9 Å². The Bertz CT molecular complexity index is 1750. The fourth-order valence-corrected chi connectivity index (χ4v) is 5.18. The molecule has 3 aromatic carbocycles. The molecule has 0 spiro atoms. The van der Waals surface area contributed by atoms with Crippen molar-refractivity contribution >= 4 is 64.4 Å². The summed E-state index contributed by atoms with van der Waals surface area (Å²) in [5.41, 5.74) is 2.84. The van der Waals surface area contributed by atoms with Crippen LogP contribution in [-0.2, 0) is 16.1 Å². The molecule has 1 aliphatic rings. The maximum Gasteiger partial charge on any atom is 0.267 e. The number of rotatable bonds is 10. The number of carbonyl (C=O) groups excluding carboxylic acids is 2. The number of amides is 2. The Hall–Kier alpha value is -4.93.